The Labute approximate surface area is 311 Å². The Kier molecular flexibility index (Phi) is 6.05. The van der Waals surface area contributed by atoms with Crippen LogP contribution >= 0.6 is 0 Å². The molecule has 0 N–H and O–H groups in total. The van der Waals surface area contributed by atoms with Crippen molar-refractivity contribution in [3.63, 3.8) is 0 Å². The molecular weight excluding hydrogens is 655 g/mol. The van der Waals surface area contributed by atoms with Gasteiger partial charge in [0.2, 0.25) is 0 Å². The summed E-state index contributed by atoms with van der Waals surface area (Å²) in [5.41, 5.74) is 17.7. The highest BCUT2D eigenvalue weighted by Crippen LogP contribution is 2.48. The highest BCUT2D eigenvalue weighted by atomic mass is 15.0. The van der Waals surface area contributed by atoms with Gasteiger partial charge in [-0.25, -0.2) is 4.98 Å². The van der Waals surface area contributed by atoms with E-state index in [2.05, 4.69) is 197 Å². The maximum atomic E-state index is 5.23. The molecular formula is C51H31N3. The maximum absolute atomic E-state index is 5.23. The zero-order valence-electron chi connectivity index (χ0n) is 29.2. The first kappa shape index (κ1) is 29.4. The van der Waals surface area contributed by atoms with Gasteiger partial charge >= 0.3 is 0 Å². The van der Waals surface area contributed by atoms with Gasteiger partial charge in [0.25, 0.3) is 0 Å². The van der Waals surface area contributed by atoms with Crippen LogP contribution in [0.5, 0.6) is 0 Å². The number of rotatable bonds is 4. The van der Waals surface area contributed by atoms with Crippen LogP contribution in [-0.2, 0) is 0 Å². The van der Waals surface area contributed by atoms with Crippen LogP contribution in [0.2, 0.25) is 0 Å². The van der Waals surface area contributed by atoms with Gasteiger partial charge in [-0.3, -0.25) is 0 Å². The predicted octanol–water partition coefficient (Wildman–Crippen LogP) is 13.4. The molecule has 3 nitrogen and oxygen atoms in total. The van der Waals surface area contributed by atoms with Crippen LogP contribution in [0.25, 0.3) is 111 Å². The minimum Gasteiger partial charge on any atom is -0.309 e. The largest absolute Gasteiger partial charge is 0.309 e. The van der Waals surface area contributed by atoms with E-state index in [1.807, 2.05) is 0 Å². The highest BCUT2D eigenvalue weighted by Gasteiger charge is 2.23. The predicted molar refractivity (Wildman–Crippen MR) is 226 cm³/mol. The molecule has 12 rings (SSSR count). The molecule has 8 aromatic carbocycles. The fraction of sp³-hybridized carbons (Fsp3) is 0. The summed E-state index contributed by atoms with van der Waals surface area (Å²) in [7, 11) is 0. The summed E-state index contributed by atoms with van der Waals surface area (Å²) in [6.45, 7) is 0. The molecule has 1 aliphatic rings. The molecule has 1 aliphatic carbocycles. The molecule has 0 aliphatic heterocycles. The molecule has 3 heteroatoms. The molecule has 0 saturated carbocycles. The summed E-state index contributed by atoms with van der Waals surface area (Å²) in [6.07, 6.45) is 0. The molecule has 0 fully saturated rings. The second-order valence-electron chi connectivity index (χ2n) is 14.4. The second kappa shape index (κ2) is 11.1. The van der Waals surface area contributed by atoms with E-state index < -0.39 is 0 Å². The van der Waals surface area contributed by atoms with E-state index in [0.717, 1.165) is 22.5 Å². The third kappa shape index (κ3) is 4.15. The Morgan fingerprint density at radius 3 is 1.56 bits per heavy atom. The lowest BCUT2D eigenvalue weighted by Gasteiger charge is -2.12. The van der Waals surface area contributed by atoms with Crippen molar-refractivity contribution in [1.82, 2.24) is 14.1 Å². The number of benzene rings is 8. The average molecular weight is 686 g/mol. The summed E-state index contributed by atoms with van der Waals surface area (Å²) < 4.78 is 4.78. The molecule has 250 valence electrons. The van der Waals surface area contributed by atoms with E-state index in [-0.39, 0.29) is 0 Å². The summed E-state index contributed by atoms with van der Waals surface area (Å²) in [5.74, 6) is 0. The van der Waals surface area contributed by atoms with Crippen LogP contribution in [0.1, 0.15) is 0 Å². The smallest absolute Gasteiger partial charge is 0.0722 e. The summed E-state index contributed by atoms with van der Waals surface area (Å²) >= 11 is 0. The molecule has 54 heavy (non-hydrogen) atoms. The zero-order chi connectivity index (χ0) is 35.3. The van der Waals surface area contributed by atoms with E-state index in [0.29, 0.717) is 0 Å². The van der Waals surface area contributed by atoms with Crippen molar-refractivity contribution < 1.29 is 0 Å². The van der Waals surface area contributed by atoms with Crippen molar-refractivity contribution in [2.24, 2.45) is 0 Å². The Balaban J connectivity index is 1.00. The van der Waals surface area contributed by atoms with Gasteiger partial charge in [-0.2, -0.15) is 0 Å². The van der Waals surface area contributed by atoms with Gasteiger partial charge in [-0.1, -0.05) is 115 Å². The van der Waals surface area contributed by atoms with E-state index in [1.54, 1.807) is 0 Å². The number of nitrogens with zero attached hydrogens (tertiary/aromatic N) is 3. The number of fused-ring (bicyclic) bond motifs is 9. The van der Waals surface area contributed by atoms with Crippen LogP contribution in [0.3, 0.4) is 0 Å². The van der Waals surface area contributed by atoms with Crippen LogP contribution in [-0.4, -0.2) is 14.1 Å². The highest BCUT2D eigenvalue weighted by molar-refractivity contribution is 6.15. The Bertz CT molecular complexity index is 3330. The van der Waals surface area contributed by atoms with E-state index in [9.17, 15) is 0 Å². The zero-order valence-corrected chi connectivity index (χ0v) is 29.2. The molecule has 0 saturated heterocycles. The molecule has 3 aromatic heterocycles. The number of hydrogen-bond donors (Lipinski definition) is 0. The van der Waals surface area contributed by atoms with Gasteiger partial charge in [0, 0.05) is 43.9 Å². The molecule has 3 heterocycles. The molecule has 0 amide bonds. The lowest BCUT2D eigenvalue weighted by molar-refractivity contribution is 1.18. The fourth-order valence-corrected chi connectivity index (χ4v) is 9.07. The first-order valence-corrected chi connectivity index (χ1v) is 18.6. The average Bonchev–Trinajstić information content (AvgIpc) is 3.87. The number of aromatic nitrogens is 3. The van der Waals surface area contributed by atoms with E-state index in [4.69, 9.17) is 4.98 Å². The molecule has 0 radical (unpaired) electrons. The SMILES string of the molecule is c1ccc(-n2c3ccccc3c3cc(-c4ccc5c(c4)c4ccccc4n5-c4cccc(-c5cc6c7c(cccc7n5)-c5ccccc5-6)c4)ccc32)cc1. The molecule has 11 aromatic rings. The third-order valence-corrected chi connectivity index (χ3v) is 11.4. The van der Waals surface area contributed by atoms with Gasteiger partial charge in [0.05, 0.1) is 33.3 Å². The molecule has 0 spiro atoms. The fourth-order valence-electron chi connectivity index (χ4n) is 9.07. The van der Waals surface area contributed by atoms with Gasteiger partial charge in [0.1, 0.15) is 0 Å². The number of para-hydroxylation sites is 3. The topological polar surface area (TPSA) is 22.8 Å². The quantitative estimate of drug-likeness (QED) is 0.181. The maximum Gasteiger partial charge on any atom is 0.0722 e. The standard InChI is InChI=1S/C51H31N3/c1-2-13-35(14-3-1)53-47-22-8-6-18-39(47)42-29-32(24-26-49(42)53)33-25-27-50-43(30-33)40-19-7-9-23-48(40)54(50)36-15-10-12-34(28-36)46-31-44-38-17-5-4-16-37(38)41-20-11-21-45(52-46)51(41)44/h1-31H. The van der Waals surface area contributed by atoms with Crippen molar-refractivity contribution in [2.45, 2.75) is 0 Å². The Morgan fingerprint density at radius 2 is 0.852 bits per heavy atom. The molecule has 0 bridgehead atoms. The van der Waals surface area contributed by atoms with E-state index >= 15 is 0 Å². The lowest BCUT2D eigenvalue weighted by atomic mass is 10.0. The Hall–Kier alpha value is -7.23. The van der Waals surface area contributed by atoms with Crippen molar-refractivity contribution in [1.29, 1.82) is 0 Å². The third-order valence-electron chi connectivity index (χ3n) is 11.4. The Morgan fingerprint density at radius 1 is 0.315 bits per heavy atom. The second-order valence-corrected chi connectivity index (χ2v) is 14.4. The van der Waals surface area contributed by atoms with Crippen molar-refractivity contribution in [2.75, 3.05) is 0 Å². The minimum absolute atomic E-state index is 0.986. The van der Waals surface area contributed by atoms with E-state index in [1.165, 1.54) is 88.1 Å². The number of pyridine rings is 1. The number of hydrogen-bond acceptors (Lipinski definition) is 1. The van der Waals surface area contributed by atoms with Crippen molar-refractivity contribution >= 4 is 54.5 Å². The first-order valence-electron chi connectivity index (χ1n) is 18.6. The van der Waals surface area contributed by atoms with Crippen molar-refractivity contribution in [3.8, 4) is 56.0 Å². The van der Waals surface area contributed by atoms with Gasteiger partial charge in [-0.15, -0.1) is 0 Å². The van der Waals surface area contributed by atoms with Gasteiger partial charge < -0.3 is 9.13 Å². The van der Waals surface area contributed by atoms with Crippen LogP contribution in [0.15, 0.2) is 188 Å². The first-order chi connectivity index (χ1) is 26.8. The van der Waals surface area contributed by atoms with Crippen LogP contribution < -0.4 is 0 Å². The van der Waals surface area contributed by atoms with Crippen molar-refractivity contribution in [3.05, 3.63) is 188 Å². The monoisotopic (exact) mass is 685 g/mol. The summed E-state index contributed by atoms with van der Waals surface area (Å²) in [5, 5.41) is 6.24. The normalized spacial score (nSPS) is 12.1. The lowest BCUT2D eigenvalue weighted by Crippen LogP contribution is -1.95. The molecule has 0 unspecified atom stereocenters. The van der Waals surface area contributed by atoms with Crippen LogP contribution in [0.4, 0.5) is 0 Å². The summed E-state index contributed by atoms with van der Waals surface area (Å²) in [6, 6.07) is 68.4. The summed E-state index contributed by atoms with van der Waals surface area (Å²) in [4.78, 5) is 5.23. The van der Waals surface area contributed by atoms with Gasteiger partial charge in [0.15, 0.2) is 0 Å². The van der Waals surface area contributed by atoms with Gasteiger partial charge in [-0.05, 0) is 106 Å². The van der Waals surface area contributed by atoms with Crippen LogP contribution in [0, 0.1) is 0 Å². The molecule has 0 atom stereocenters. The minimum atomic E-state index is 0.986.